The van der Waals surface area contributed by atoms with Crippen LogP contribution < -0.4 is 10.5 Å². The number of nitrogens with zero attached hydrogens (tertiary/aromatic N) is 1. The lowest BCUT2D eigenvalue weighted by molar-refractivity contribution is 0.289. The molecule has 0 aliphatic heterocycles. The number of hydrogen-bond donors (Lipinski definition) is 1. The first-order chi connectivity index (χ1) is 9.65. The monoisotopic (exact) mass is 308 g/mol. The minimum absolute atomic E-state index is 0.229. The molecule has 0 atom stereocenters. The van der Waals surface area contributed by atoms with Crippen molar-refractivity contribution in [3.8, 4) is 5.75 Å². The van der Waals surface area contributed by atoms with Crippen LogP contribution in [0.15, 0.2) is 24.3 Å². The van der Waals surface area contributed by atoms with E-state index < -0.39 is 0 Å². The van der Waals surface area contributed by atoms with E-state index in [9.17, 15) is 4.39 Å². The van der Waals surface area contributed by atoms with Gasteiger partial charge in [-0.1, -0.05) is 24.4 Å². The van der Waals surface area contributed by atoms with Gasteiger partial charge in [-0.05, 0) is 25.0 Å². The first-order valence-electron chi connectivity index (χ1n) is 6.32. The minimum Gasteiger partial charge on any atom is -0.483 e. The molecule has 0 bridgehead atoms. The molecule has 0 unspecified atom stereocenters. The van der Waals surface area contributed by atoms with Gasteiger partial charge < -0.3 is 10.5 Å². The van der Waals surface area contributed by atoms with Crippen molar-refractivity contribution in [3.63, 3.8) is 0 Å². The maximum atomic E-state index is 13.5. The lowest BCUT2D eigenvalue weighted by Crippen LogP contribution is -2.09. The molecule has 3 rings (SSSR count). The lowest BCUT2D eigenvalue weighted by atomic mass is 10.2. The van der Waals surface area contributed by atoms with Crippen molar-refractivity contribution in [3.05, 3.63) is 45.7 Å². The second-order valence-corrected chi connectivity index (χ2v) is 6.20. The number of rotatable bonds is 5. The van der Waals surface area contributed by atoms with E-state index in [1.807, 2.05) is 0 Å². The van der Waals surface area contributed by atoms with E-state index in [1.165, 1.54) is 17.4 Å². The average Bonchev–Trinajstić information content (AvgIpc) is 3.18. The van der Waals surface area contributed by atoms with Crippen LogP contribution in [0.1, 0.15) is 34.3 Å². The largest absolute Gasteiger partial charge is 0.483 e. The molecular weight excluding hydrogens is 295 g/mol. The van der Waals surface area contributed by atoms with Crippen molar-refractivity contribution >= 4 is 28.5 Å². The normalized spacial score (nSPS) is 14.2. The predicted molar refractivity (Wildman–Crippen MR) is 80.7 cm³/mol. The summed E-state index contributed by atoms with van der Waals surface area (Å²) >= 11 is 6.49. The van der Waals surface area contributed by atoms with Crippen LogP contribution in [0.3, 0.4) is 0 Å². The predicted octanol–water partition coefficient (Wildman–Crippen LogP) is 3.37. The molecule has 1 saturated carbocycles. The highest BCUT2D eigenvalue weighted by atomic mass is 32.1. The van der Waals surface area contributed by atoms with Crippen molar-refractivity contribution in [2.45, 2.75) is 25.4 Å². The van der Waals surface area contributed by atoms with Crippen LogP contribution in [0.4, 0.5) is 4.39 Å². The number of benzene rings is 1. The summed E-state index contributed by atoms with van der Waals surface area (Å²) in [5.41, 5.74) is 6.71. The SMILES string of the molecule is NC(=S)c1sc(COc2ccccc2F)nc1C1CC1. The zero-order chi connectivity index (χ0) is 14.1. The maximum Gasteiger partial charge on any atom is 0.165 e. The molecule has 2 aromatic rings. The summed E-state index contributed by atoms with van der Waals surface area (Å²) < 4.78 is 18.9. The summed E-state index contributed by atoms with van der Waals surface area (Å²) in [6, 6.07) is 6.32. The third-order valence-corrected chi connectivity index (χ3v) is 4.48. The second kappa shape index (κ2) is 5.46. The van der Waals surface area contributed by atoms with Crippen LogP contribution in [0.25, 0.3) is 0 Å². The van der Waals surface area contributed by atoms with E-state index in [2.05, 4.69) is 4.98 Å². The molecule has 1 aliphatic rings. The molecule has 0 spiro atoms. The molecule has 2 N–H and O–H groups in total. The first kappa shape index (κ1) is 13.5. The molecule has 20 heavy (non-hydrogen) atoms. The molecule has 0 amide bonds. The topological polar surface area (TPSA) is 48.1 Å². The molecule has 1 aliphatic carbocycles. The zero-order valence-electron chi connectivity index (χ0n) is 10.6. The molecule has 0 radical (unpaired) electrons. The molecule has 1 aromatic heterocycles. The van der Waals surface area contributed by atoms with Gasteiger partial charge in [-0.25, -0.2) is 9.37 Å². The highest BCUT2D eigenvalue weighted by Gasteiger charge is 2.30. The van der Waals surface area contributed by atoms with Gasteiger partial charge in [0.25, 0.3) is 0 Å². The summed E-state index contributed by atoms with van der Waals surface area (Å²) in [6.07, 6.45) is 2.26. The van der Waals surface area contributed by atoms with Gasteiger partial charge in [-0.2, -0.15) is 0 Å². The van der Waals surface area contributed by atoms with Gasteiger partial charge >= 0.3 is 0 Å². The van der Waals surface area contributed by atoms with Gasteiger partial charge in [0.1, 0.15) is 16.6 Å². The molecule has 6 heteroatoms. The summed E-state index contributed by atoms with van der Waals surface area (Å²) in [7, 11) is 0. The molecule has 1 heterocycles. The van der Waals surface area contributed by atoms with Crippen LogP contribution in [0.5, 0.6) is 5.75 Å². The van der Waals surface area contributed by atoms with Gasteiger partial charge in [0.15, 0.2) is 11.6 Å². The zero-order valence-corrected chi connectivity index (χ0v) is 12.3. The number of para-hydroxylation sites is 1. The standard InChI is InChI=1S/C14H13FN2OS2/c15-9-3-1-2-4-10(9)18-7-11-17-12(8-5-6-8)13(20-11)14(16)19/h1-4,8H,5-7H2,(H2,16,19). The third-order valence-electron chi connectivity index (χ3n) is 3.07. The Balaban J connectivity index is 1.76. The molecule has 1 fully saturated rings. The van der Waals surface area contributed by atoms with Crippen LogP contribution in [-0.2, 0) is 6.61 Å². The van der Waals surface area contributed by atoms with Crippen molar-refractivity contribution in [2.75, 3.05) is 0 Å². The Morgan fingerprint density at radius 3 is 2.85 bits per heavy atom. The summed E-state index contributed by atoms with van der Waals surface area (Å²) in [4.78, 5) is 5.79. The number of thiazole rings is 1. The quantitative estimate of drug-likeness (QED) is 0.860. The van der Waals surface area contributed by atoms with E-state index in [0.717, 1.165) is 28.4 Å². The van der Waals surface area contributed by atoms with Gasteiger partial charge in [-0.15, -0.1) is 11.3 Å². The Bertz CT molecular complexity index is 652. The Morgan fingerprint density at radius 2 is 2.20 bits per heavy atom. The Labute approximate surface area is 125 Å². The van der Waals surface area contributed by atoms with E-state index in [-0.39, 0.29) is 18.2 Å². The van der Waals surface area contributed by atoms with Crippen LogP contribution >= 0.6 is 23.6 Å². The number of hydrogen-bond acceptors (Lipinski definition) is 4. The average molecular weight is 308 g/mol. The van der Waals surface area contributed by atoms with Gasteiger partial charge in [0.2, 0.25) is 0 Å². The highest BCUT2D eigenvalue weighted by Crippen LogP contribution is 2.42. The molecule has 1 aromatic carbocycles. The number of aromatic nitrogens is 1. The van der Waals surface area contributed by atoms with Gasteiger partial charge in [-0.3, -0.25) is 0 Å². The maximum absolute atomic E-state index is 13.5. The van der Waals surface area contributed by atoms with E-state index >= 15 is 0 Å². The third kappa shape index (κ3) is 2.81. The Morgan fingerprint density at radius 1 is 1.45 bits per heavy atom. The lowest BCUT2D eigenvalue weighted by Gasteiger charge is -2.04. The second-order valence-electron chi connectivity index (χ2n) is 4.68. The van der Waals surface area contributed by atoms with Crippen molar-refractivity contribution in [1.29, 1.82) is 0 Å². The van der Waals surface area contributed by atoms with Gasteiger partial charge in [0, 0.05) is 5.92 Å². The van der Waals surface area contributed by atoms with Crippen molar-refractivity contribution in [1.82, 2.24) is 4.98 Å². The number of halogens is 1. The summed E-state index contributed by atoms with van der Waals surface area (Å²) in [5, 5.41) is 0.776. The molecular formula is C14H13FN2OS2. The number of ether oxygens (including phenoxy) is 1. The van der Waals surface area contributed by atoms with Crippen LogP contribution in [0, 0.1) is 5.82 Å². The van der Waals surface area contributed by atoms with Crippen LogP contribution in [0.2, 0.25) is 0 Å². The van der Waals surface area contributed by atoms with Crippen LogP contribution in [-0.4, -0.2) is 9.97 Å². The molecule has 0 saturated heterocycles. The molecule has 104 valence electrons. The Kier molecular flexibility index (Phi) is 3.67. The minimum atomic E-state index is -0.374. The fourth-order valence-corrected chi connectivity index (χ4v) is 3.10. The number of thiocarbonyl (C=S) groups is 1. The van der Waals surface area contributed by atoms with E-state index in [1.54, 1.807) is 18.2 Å². The highest BCUT2D eigenvalue weighted by molar-refractivity contribution is 7.81. The summed E-state index contributed by atoms with van der Waals surface area (Å²) in [5.74, 6) is 0.332. The number of nitrogens with two attached hydrogens (primary N) is 1. The summed E-state index contributed by atoms with van der Waals surface area (Å²) in [6.45, 7) is 0.230. The first-order valence-corrected chi connectivity index (χ1v) is 7.54. The fraction of sp³-hybridized carbons (Fsp3) is 0.286. The fourth-order valence-electron chi connectivity index (χ4n) is 1.95. The Hall–Kier alpha value is -1.53. The van der Waals surface area contributed by atoms with Gasteiger partial charge in [0.05, 0.1) is 10.6 Å². The smallest absolute Gasteiger partial charge is 0.165 e. The van der Waals surface area contributed by atoms with E-state index in [0.29, 0.717) is 10.9 Å². The molecule has 3 nitrogen and oxygen atoms in total. The van der Waals surface area contributed by atoms with Crippen molar-refractivity contribution < 1.29 is 9.13 Å². The van der Waals surface area contributed by atoms with E-state index in [4.69, 9.17) is 22.7 Å². The van der Waals surface area contributed by atoms with Crippen molar-refractivity contribution in [2.24, 2.45) is 5.73 Å².